The van der Waals surface area contributed by atoms with Gasteiger partial charge in [-0.3, -0.25) is 0 Å². The maximum Gasteiger partial charge on any atom is 0.104 e. The van der Waals surface area contributed by atoms with Gasteiger partial charge in [0.1, 0.15) is 6.10 Å². The first-order valence-electron chi connectivity index (χ1n) is 5.04. The van der Waals surface area contributed by atoms with Gasteiger partial charge in [-0.1, -0.05) is 42.5 Å². The van der Waals surface area contributed by atoms with Crippen LogP contribution in [-0.2, 0) is 0 Å². The number of hydrogen-bond acceptors (Lipinski definition) is 2. The second-order valence-corrected chi connectivity index (χ2v) is 3.55. The zero-order chi connectivity index (χ0) is 11.4. The summed E-state index contributed by atoms with van der Waals surface area (Å²) in [7, 11) is 0. The van der Waals surface area contributed by atoms with E-state index in [4.69, 9.17) is 5.26 Å². The van der Waals surface area contributed by atoms with Crippen molar-refractivity contribution >= 4 is 0 Å². The molecular formula is C14H11NO. The maximum absolute atomic E-state index is 10.1. The van der Waals surface area contributed by atoms with E-state index in [1.807, 2.05) is 30.3 Å². The first-order valence-corrected chi connectivity index (χ1v) is 5.04. The lowest BCUT2D eigenvalue weighted by molar-refractivity contribution is 0.220. The van der Waals surface area contributed by atoms with Gasteiger partial charge in [0.05, 0.1) is 11.6 Å². The minimum atomic E-state index is -0.631. The molecule has 0 aliphatic carbocycles. The number of nitriles is 1. The Morgan fingerprint density at radius 3 is 2.00 bits per heavy atom. The molecule has 0 fully saturated rings. The van der Waals surface area contributed by atoms with Crippen LogP contribution in [0.2, 0.25) is 0 Å². The third kappa shape index (κ3) is 2.10. The van der Waals surface area contributed by atoms with Gasteiger partial charge in [0.2, 0.25) is 0 Å². The molecule has 0 saturated heterocycles. The highest BCUT2D eigenvalue weighted by molar-refractivity contribution is 5.35. The van der Waals surface area contributed by atoms with E-state index in [0.717, 1.165) is 11.1 Å². The van der Waals surface area contributed by atoms with Gasteiger partial charge in [-0.05, 0) is 23.3 Å². The molecule has 1 N–H and O–H groups in total. The standard InChI is InChI=1S/C14H11NO/c15-10-11-6-8-13(9-7-11)14(16)12-4-2-1-3-5-12/h1-9,14,16H/t14-/m1/s1. The Kier molecular flexibility index (Phi) is 3.00. The minimum absolute atomic E-state index is 0.601. The zero-order valence-corrected chi connectivity index (χ0v) is 8.67. The summed E-state index contributed by atoms with van der Waals surface area (Å²) in [6.07, 6.45) is -0.631. The molecule has 2 nitrogen and oxygen atoms in total. The van der Waals surface area contributed by atoms with Crippen molar-refractivity contribution in [3.63, 3.8) is 0 Å². The quantitative estimate of drug-likeness (QED) is 0.826. The van der Waals surface area contributed by atoms with Gasteiger partial charge in [-0.25, -0.2) is 0 Å². The monoisotopic (exact) mass is 209 g/mol. The third-order valence-corrected chi connectivity index (χ3v) is 2.47. The van der Waals surface area contributed by atoms with Crippen LogP contribution >= 0.6 is 0 Å². The zero-order valence-electron chi connectivity index (χ0n) is 8.67. The van der Waals surface area contributed by atoms with Crippen molar-refractivity contribution in [1.29, 1.82) is 5.26 Å². The molecule has 0 aliphatic heterocycles. The predicted octanol–water partition coefficient (Wildman–Crippen LogP) is 2.64. The van der Waals surface area contributed by atoms with Crippen LogP contribution in [0.4, 0.5) is 0 Å². The van der Waals surface area contributed by atoms with Crippen molar-refractivity contribution in [3.8, 4) is 6.07 Å². The van der Waals surface area contributed by atoms with E-state index < -0.39 is 6.10 Å². The average Bonchev–Trinajstić information content (AvgIpc) is 2.39. The summed E-state index contributed by atoms with van der Waals surface area (Å²) in [5, 5.41) is 18.7. The smallest absolute Gasteiger partial charge is 0.104 e. The topological polar surface area (TPSA) is 44.0 Å². The number of hydrogen-bond donors (Lipinski definition) is 1. The molecule has 78 valence electrons. The van der Waals surface area contributed by atoms with Crippen LogP contribution in [0.25, 0.3) is 0 Å². The first kappa shape index (κ1) is 10.4. The van der Waals surface area contributed by atoms with Crippen molar-refractivity contribution in [1.82, 2.24) is 0 Å². The van der Waals surface area contributed by atoms with Crippen molar-refractivity contribution in [2.75, 3.05) is 0 Å². The van der Waals surface area contributed by atoms with E-state index >= 15 is 0 Å². The Hall–Kier alpha value is -2.11. The summed E-state index contributed by atoms with van der Waals surface area (Å²) in [6, 6.07) is 18.5. The van der Waals surface area contributed by atoms with Gasteiger partial charge < -0.3 is 5.11 Å². The molecule has 0 amide bonds. The van der Waals surface area contributed by atoms with Gasteiger partial charge in [-0.15, -0.1) is 0 Å². The Bertz CT molecular complexity index is 497. The highest BCUT2D eigenvalue weighted by Crippen LogP contribution is 2.21. The van der Waals surface area contributed by atoms with Gasteiger partial charge >= 0.3 is 0 Å². The molecule has 2 aromatic rings. The lowest BCUT2D eigenvalue weighted by Crippen LogP contribution is -1.98. The van der Waals surface area contributed by atoms with E-state index in [-0.39, 0.29) is 0 Å². The molecule has 0 aliphatic rings. The van der Waals surface area contributed by atoms with Gasteiger partial charge in [0.25, 0.3) is 0 Å². The average molecular weight is 209 g/mol. The number of aliphatic hydroxyl groups excluding tert-OH is 1. The van der Waals surface area contributed by atoms with E-state index in [1.54, 1.807) is 24.3 Å². The van der Waals surface area contributed by atoms with Crippen molar-refractivity contribution in [3.05, 3.63) is 71.3 Å². The fraction of sp³-hybridized carbons (Fsp3) is 0.0714. The van der Waals surface area contributed by atoms with Crippen LogP contribution in [0.5, 0.6) is 0 Å². The van der Waals surface area contributed by atoms with Crippen LogP contribution in [0.15, 0.2) is 54.6 Å². The summed E-state index contributed by atoms with van der Waals surface area (Å²) in [4.78, 5) is 0. The summed E-state index contributed by atoms with van der Waals surface area (Å²) in [5.41, 5.74) is 2.25. The van der Waals surface area contributed by atoms with Gasteiger partial charge in [0, 0.05) is 0 Å². The molecule has 0 radical (unpaired) electrons. The Balaban J connectivity index is 2.28. The Morgan fingerprint density at radius 2 is 1.44 bits per heavy atom. The molecule has 0 unspecified atom stereocenters. The minimum Gasteiger partial charge on any atom is -0.384 e. The molecule has 0 spiro atoms. The van der Waals surface area contributed by atoms with Crippen molar-refractivity contribution in [2.45, 2.75) is 6.10 Å². The van der Waals surface area contributed by atoms with Crippen LogP contribution in [0, 0.1) is 11.3 Å². The number of rotatable bonds is 2. The molecule has 1 atom stereocenters. The van der Waals surface area contributed by atoms with Crippen LogP contribution in [-0.4, -0.2) is 5.11 Å². The summed E-state index contributed by atoms with van der Waals surface area (Å²) >= 11 is 0. The second-order valence-electron chi connectivity index (χ2n) is 3.55. The Labute approximate surface area is 94.4 Å². The lowest BCUT2D eigenvalue weighted by atomic mass is 10.0. The highest BCUT2D eigenvalue weighted by atomic mass is 16.3. The molecule has 16 heavy (non-hydrogen) atoms. The molecule has 2 heteroatoms. The highest BCUT2D eigenvalue weighted by Gasteiger charge is 2.08. The number of aliphatic hydroxyl groups is 1. The van der Waals surface area contributed by atoms with Gasteiger partial charge in [-0.2, -0.15) is 5.26 Å². The molecule has 0 heterocycles. The van der Waals surface area contributed by atoms with E-state index in [1.165, 1.54) is 0 Å². The van der Waals surface area contributed by atoms with Crippen LogP contribution in [0.1, 0.15) is 22.8 Å². The SMILES string of the molecule is N#Cc1ccc([C@H](O)c2ccccc2)cc1. The van der Waals surface area contributed by atoms with E-state index in [0.29, 0.717) is 5.56 Å². The molecule has 2 aromatic carbocycles. The summed E-state index contributed by atoms with van der Waals surface area (Å²) in [5.74, 6) is 0. The third-order valence-electron chi connectivity index (χ3n) is 2.47. The van der Waals surface area contributed by atoms with Crippen LogP contribution in [0.3, 0.4) is 0 Å². The fourth-order valence-electron chi connectivity index (χ4n) is 1.57. The molecule has 0 aromatic heterocycles. The lowest BCUT2D eigenvalue weighted by Gasteiger charge is -2.10. The van der Waals surface area contributed by atoms with Crippen molar-refractivity contribution < 1.29 is 5.11 Å². The fourth-order valence-corrected chi connectivity index (χ4v) is 1.57. The summed E-state index contributed by atoms with van der Waals surface area (Å²) in [6.45, 7) is 0. The molecular weight excluding hydrogens is 198 g/mol. The second kappa shape index (κ2) is 4.61. The number of benzene rings is 2. The number of nitrogens with zero attached hydrogens (tertiary/aromatic N) is 1. The van der Waals surface area contributed by atoms with Gasteiger partial charge in [0.15, 0.2) is 0 Å². The maximum atomic E-state index is 10.1. The normalized spacial score (nSPS) is 11.8. The molecule has 0 saturated carbocycles. The van der Waals surface area contributed by atoms with E-state index in [2.05, 4.69) is 6.07 Å². The molecule has 0 bridgehead atoms. The van der Waals surface area contributed by atoms with Crippen molar-refractivity contribution in [2.24, 2.45) is 0 Å². The predicted molar refractivity (Wildman–Crippen MR) is 61.7 cm³/mol. The summed E-state index contributed by atoms with van der Waals surface area (Å²) < 4.78 is 0. The first-order chi connectivity index (χ1) is 7.81. The molecule has 2 rings (SSSR count). The van der Waals surface area contributed by atoms with Crippen LogP contribution < -0.4 is 0 Å². The largest absolute Gasteiger partial charge is 0.384 e. The Morgan fingerprint density at radius 1 is 0.875 bits per heavy atom. The van der Waals surface area contributed by atoms with E-state index in [9.17, 15) is 5.11 Å².